The maximum absolute atomic E-state index is 12.4. The fraction of sp³-hybridized carbons (Fsp3) is 0.476. The zero-order chi connectivity index (χ0) is 20.9. The summed E-state index contributed by atoms with van der Waals surface area (Å²) in [6.45, 7) is 1.72. The fourth-order valence-electron chi connectivity index (χ4n) is 3.93. The van der Waals surface area contributed by atoms with Crippen LogP contribution in [0, 0.1) is 0 Å². The molecule has 160 valence electrons. The van der Waals surface area contributed by atoms with Crippen molar-refractivity contribution in [1.29, 1.82) is 0 Å². The third kappa shape index (κ3) is 5.28. The average molecular weight is 430 g/mol. The van der Waals surface area contributed by atoms with E-state index in [0.29, 0.717) is 24.0 Å². The molecule has 3 amide bonds. The van der Waals surface area contributed by atoms with Gasteiger partial charge in [0, 0.05) is 42.2 Å². The first-order chi connectivity index (χ1) is 14.6. The van der Waals surface area contributed by atoms with E-state index in [1.807, 2.05) is 18.2 Å². The lowest BCUT2D eigenvalue weighted by Gasteiger charge is -2.25. The molecular formula is C21H27N5O3S. The summed E-state index contributed by atoms with van der Waals surface area (Å²) >= 11 is 1.49. The number of hydrogen-bond donors (Lipinski definition) is 3. The molecule has 8 nitrogen and oxygen atoms in total. The van der Waals surface area contributed by atoms with Crippen LogP contribution >= 0.6 is 11.3 Å². The minimum Gasteiger partial charge on any atom is -0.497 e. The number of nitrogens with one attached hydrogen (secondary N) is 3. The lowest BCUT2D eigenvalue weighted by Crippen LogP contribution is -2.36. The number of benzene rings is 1. The number of methoxy groups -OCH3 is 1. The molecule has 30 heavy (non-hydrogen) atoms. The number of carbonyl (C=O) groups is 2. The van der Waals surface area contributed by atoms with Crippen molar-refractivity contribution in [2.45, 2.75) is 44.7 Å². The Bertz CT molecular complexity index is 910. The summed E-state index contributed by atoms with van der Waals surface area (Å²) in [5.41, 5.74) is 1.73. The molecule has 1 saturated carbocycles. The van der Waals surface area contributed by atoms with Crippen LogP contribution in [0.1, 0.15) is 36.3 Å². The second kappa shape index (κ2) is 9.44. The quantitative estimate of drug-likeness (QED) is 0.655. The van der Waals surface area contributed by atoms with Gasteiger partial charge in [0.25, 0.3) is 0 Å². The zero-order valence-electron chi connectivity index (χ0n) is 17.1. The van der Waals surface area contributed by atoms with E-state index >= 15 is 0 Å². The SMILES string of the molecule is COc1cccc(NC(=O)CN2CCc3nc(NC(=O)NC4CCCC4)sc3C2)c1. The number of thiazole rings is 1. The Balaban J connectivity index is 1.29. The van der Waals surface area contributed by atoms with Crippen molar-refractivity contribution in [3.8, 4) is 5.75 Å². The summed E-state index contributed by atoms with van der Waals surface area (Å²) in [4.78, 5) is 32.4. The molecule has 1 aromatic carbocycles. The third-order valence-corrected chi connectivity index (χ3v) is 6.44. The zero-order valence-corrected chi connectivity index (χ0v) is 17.9. The monoisotopic (exact) mass is 429 g/mol. The van der Waals surface area contributed by atoms with Gasteiger partial charge in [0.05, 0.1) is 19.3 Å². The van der Waals surface area contributed by atoms with Crippen LogP contribution in [0.2, 0.25) is 0 Å². The Morgan fingerprint density at radius 3 is 2.90 bits per heavy atom. The standard InChI is InChI=1S/C21H27N5O3S/c1-29-16-8-4-7-15(11-16)22-19(27)13-26-10-9-17-18(12-26)30-21(24-17)25-20(28)23-14-5-2-3-6-14/h4,7-8,11,14H,2-3,5-6,9-10,12-13H2,1H3,(H,22,27)(H2,23,24,25,28). The third-order valence-electron chi connectivity index (χ3n) is 5.44. The van der Waals surface area contributed by atoms with Crippen molar-refractivity contribution < 1.29 is 14.3 Å². The van der Waals surface area contributed by atoms with Crippen LogP contribution in [-0.4, -0.2) is 48.1 Å². The van der Waals surface area contributed by atoms with Crippen LogP contribution in [0.3, 0.4) is 0 Å². The molecule has 1 aliphatic heterocycles. The van der Waals surface area contributed by atoms with Crippen molar-refractivity contribution in [3.63, 3.8) is 0 Å². The van der Waals surface area contributed by atoms with Gasteiger partial charge >= 0.3 is 6.03 Å². The minimum absolute atomic E-state index is 0.0643. The summed E-state index contributed by atoms with van der Waals surface area (Å²) in [5.74, 6) is 0.641. The van der Waals surface area contributed by atoms with E-state index in [9.17, 15) is 9.59 Å². The van der Waals surface area contributed by atoms with Gasteiger partial charge in [-0.05, 0) is 25.0 Å². The summed E-state index contributed by atoms with van der Waals surface area (Å²) in [5, 5.41) is 9.43. The highest BCUT2D eigenvalue weighted by Gasteiger charge is 2.23. The topological polar surface area (TPSA) is 95.6 Å². The largest absolute Gasteiger partial charge is 0.497 e. The first kappa shape index (κ1) is 20.6. The normalized spacial score (nSPS) is 16.7. The van der Waals surface area contributed by atoms with Gasteiger partial charge < -0.3 is 15.4 Å². The predicted molar refractivity (Wildman–Crippen MR) is 117 cm³/mol. The highest BCUT2D eigenvalue weighted by molar-refractivity contribution is 7.15. The Kier molecular flexibility index (Phi) is 6.49. The Hall–Kier alpha value is -2.65. The Labute approximate surface area is 180 Å². The van der Waals surface area contributed by atoms with Crippen molar-refractivity contribution in [2.24, 2.45) is 0 Å². The summed E-state index contributed by atoms with van der Waals surface area (Å²) < 4.78 is 5.19. The predicted octanol–water partition coefficient (Wildman–Crippen LogP) is 3.21. The van der Waals surface area contributed by atoms with Gasteiger partial charge in [-0.2, -0.15) is 0 Å². The van der Waals surface area contributed by atoms with E-state index < -0.39 is 0 Å². The molecule has 2 aromatic rings. The van der Waals surface area contributed by atoms with E-state index in [-0.39, 0.29) is 18.0 Å². The van der Waals surface area contributed by atoms with Gasteiger partial charge in [0.2, 0.25) is 5.91 Å². The van der Waals surface area contributed by atoms with E-state index in [2.05, 4.69) is 25.8 Å². The Morgan fingerprint density at radius 1 is 1.27 bits per heavy atom. The van der Waals surface area contributed by atoms with Crippen molar-refractivity contribution in [3.05, 3.63) is 34.8 Å². The summed E-state index contributed by atoms with van der Waals surface area (Å²) in [6.07, 6.45) is 5.22. The number of fused-ring (bicyclic) bond motifs is 1. The number of aromatic nitrogens is 1. The molecule has 0 atom stereocenters. The van der Waals surface area contributed by atoms with Crippen LogP contribution in [0.25, 0.3) is 0 Å². The Morgan fingerprint density at radius 2 is 2.10 bits per heavy atom. The first-order valence-corrected chi connectivity index (χ1v) is 11.1. The number of anilines is 2. The number of ether oxygens (including phenoxy) is 1. The second-order valence-corrected chi connectivity index (χ2v) is 8.79. The maximum atomic E-state index is 12.4. The molecule has 4 rings (SSSR count). The molecule has 0 unspecified atom stereocenters. The van der Waals surface area contributed by atoms with Gasteiger partial charge in [0.1, 0.15) is 5.75 Å². The lowest BCUT2D eigenvalue weighted by atomic mass is 10.2. The highest BCUT2D eigenvalue weighted by atomic mass is 32.1. The molecule has 0 spiro atoms. The smallest absolute Gasteiger partial charge is 0.321 e. The first-order valence-electron chi connectivity index (χ1n) is 10.3. The lowest BCUT2D eigenvalue weighted by molar-refractivity contribution is -0.117. The summed E-state index contributed by atoms with van der Waals surface area (Å²) in [7, 11) is 1.60. The molecule has 3 N–H and O–H groups in total. The molecule has 2 heterocycles. The number of amides is 3. The van der Waals surface area contributed by atoms with Crippen molar-refractivity contribution in [1.82, 2.24) is 15.2 Å². The fourth-order valence-corrected chi connectivity index (χ4v) is 4.98. The number of hydrogen-bond acceptors (Lipinski definition) is 6. The van der Waals surface area contributed by atoms with Gasteiger partial charge in [-0.25, -0.2) is 9.78 Å². The minimum atomic E-state index is -0.178. The molecule has 0 saturated heterocycles. The van der Waals surface area contributed by atoms with E-state index in [1.165, 1.54) is 24.2 Å². The molecule has 1 aliphatic carbocycles. The number of nitrogens with zero attached hydrogens (tertiary/aromatic N) is 2. The molecule has 0 radical (unpaired) electrons. The van der Waals surface area contributed by atoms with Gasteiger partial charge in [-0.1, -0.05) is 18.9 Å². The van der Waals surface area contributed by atoms with Crippen molar-refractivity contribution >= 4 is 34.1 Å². The maximum Gasteiger partial charge on any atom is 0.321 e. The number of rotatable bonds is 6. The van der Waals surface area contributed by atoms with E-state index in [0.717, 1.165) is 42.1 Å². The van der Waals surface area contributed by atoms with E-state index in [4.69, 9.17) is 4.74 Å². The van der Waals surface area contributed by atoms with Crippen LogP contribution < -0.4 is 20.7 Å². The van der Waals surface area contributed by atoms with Crippen LogP contribution in [-0.2, 0) is 17.8 Å². The molecule has 1 fully saturated rings. The van der Waals surface area contributed by atoms with Gasteiger partial charge in [0.15, 0.2) is 5.13 Å². The van der Waals surface area contributed by atoms with Crippen LogP contribution in [0.15, 0.2) is 24.3 Å². The molecule has 0 bridgehead atoms. The summed E-state index contributed by atoms with van der Waals surface area (Å²) in [6, 6.07) is 7.42. The number of carbonyl (C=O) groups excluding carboxylic acids is 2. The molecule has 2 aliphatic rings. The van der Waals surface area contributed by atoms with E-state index in [1.54, 1.807) is 13.2 Å². The van der Waals surface area contributed by atoms with Crippen molar-refractivity contribution in [2.75, 3.05) is 30.8 Å². The second-order valence-electron chi connectivity index (χ2n) is 7.71. The van der Waals surface area contributed by atoms with Crippen LogP contribution in [0.5, 0.6) is 5.75 Å². The molecular weight excluding hydrogens is 402 g/mol. The van der Waals surface area contributed by atoms with Crippen LogP contribution in [0.4, 0.5) is 15.6 Å². The molecule has 9 heteroatoms. The highest BCUT2D eigenvalue weighted by Crippen LogP contribution is 2.28. The molecule has 1 aromatic heterocycles. The van der Waals surface area contributed by atoms with Gasteiger partial charge in [-0.15, -0.1) is 11.3 Å². The number of urea groups is 1. The van der Waals surface area contributed by atoms with Gasteiger partial charge in [-0.3, -0.25) is 15.0 Å². The average Bonchev–Trinajstić information content (AvgIpc) is 3.36.